The van der Waals surface area contributed by atoms with Crippen molar-refractivity contribution in [1.82, 2.24) is 4.90 Å². The number of hydrogen-bond acceptors (Lipinski definition) is 6. The van der Waals surface area contributed by atoms with Crippen molar-refractivity contribution in [1.29, 1.82) is 0 Å². The maximum absolute atomic E-state index is 12.4. The second kappa shape index (κ2) is 6.82. The number of benzene rings is 1. The van der Waals surface area contributed by atoms with Gasteiger partial charge in [-0.25, -0.2) is 0 Å². The van der Waals surface area contributed by atoms with Crippen LogP contribution in [0.1, 0.15) is 25.8 Å². The molecule has 0 bridgehead atoms. The highest BCUT2D eigenvalue weighted by Crippen LogP contribution is 2.36. The number of ether oxygens (including phenoxy) is 1. The molecule has 122 valence electrons. The van der Waals surface area contributed by atoms with Crippen LogP contribution in [0.25, 0.3) is 6.08 Å². The van der Waals surface area contributed by atoms with Crippen LogP contribution in [0.4, 0.5) is 10.5 Å². The second-order valence-corrected chi connectivity index (χ2v) is 5.99. The number of thioether (sulfide) groups is 1. The number of rotatable bonds is 5. The Labute approximate surface area is 137 Å². The number of nitro benzene ring substituents is 1. The molecule has 0 saturated carbocycles. The van der Waals surface area contributed by atoms with Gasteiger partial charge in [0.2, 0.25) is 0 Å². The monoisotopic (exact) mass is 336 g/mol. The molecule has 2 rings (SSSR count). The van der Waals surface area contributed by atoms with E-state index in [-0.39, 0.29) is 27.8 Å². The number of amides is 2. The van der Waals surface area contributed by atoms with E-state index in [9.17, 15) is 19.7 Å². The first-order chi connectivity index (χ1) is 10.9. The number of non-ortho nitro benzene ring substituents is 1. The highest BCUT2D eigenvalue weighted by atomic mass is 32.2. The highest BCUT2D eigenvalue weighted by Gasteiger charge is 2.37. The molecule has 7 nitrogen and oxygen atoms in total. The molecule has 0 aliphatic carbocycles. The summed E-state index contributed by atoms with van der Waals surface area (Å²) in [6.07, 6.45) is 2.12. The van der Waals surface area contributed by atoms with Crippen molar-refractivity contribution in [3.8, 4) is 5.75 Å². The molecule has 1 aliphatic heterocycles. The van der Waals surface area contributed by atoms with Crippen molar-refractivity contribution in [2.24, 2.45) is 0 Å². The van der Waals surface area contributed by atoms with Gasteiger partial charge in [0.15, 0.2) is 0 Å². The fourth-order valence-electron chi connectivity index (χ4n) is 2.13. The smallest absolute Gasteiger partial charge is 0.293 e. The van der Waals surface area contributed by atoms with Crippen LogP contribution in [0.2, 0.25) is 0 Å². The number of hydrogen-bond donors (Lipinski definition) is 0. The molecule has 8 heteroatoms. The minimum Gasteiger partial charge on any atom is -0.496 e. The van der Waals surface area contributed by atoms with E-state index >= 15 is 0 Å². The molecule has 0 radical (unpaired) electrons. The number of nitro groups is 1. The molecular formula is C15H16N2O5S. The highest BCUT2D eigenvalue weighted by molar-refractivity contribution is 8.18. The molecule has 1 aromatic carbocycles. The van der Waals surface area contributed by atoms with Crippen LogP contribution in [0, 0.1) is 10.1 Å². The Morgan fingerprint density at radius 2 is 2.13 bits per heavy atom. The van der Waals surface area contributed by atoms with Crippen molar-refractivity contribution in [2.75, 3.05) is 7.11 Å². The van der Waals surface area contributed by atoms with E-state index in [1.807, 2.05) is 6.92 Å². The van der Waals surface area contributed by atoms with Crippen LogP contribution in [0.15, 0.2) is 23.1 Å². The minimum absolute atomic E-state index is 0.113. The quantitative estimate of drug-likeness (QED) is 0.465. The maximum atomic E-state index is 12.4. The average Bonchev–Trinajstić information content (AvgIpc) is 2.80. The average molecular weight is 336 g/mol. The fourth-order valence-corrected chi connectivity index (χ4v) is 3.05. The molecular weight excluding hydrogens is 320 g/mol. The molecule has 0 N–H and O–H groups in total. The normalized spacial score (nSPS) is 17.7. The predicted octanol–water partition coefficient (Wildman–Crippen LogP) is 3.44. The van der Waals surface area contributed by atoms with Crippen LogP contribution < -0.4 is 4.74 Å². The van der Waals surface area contributed by atoms with Crippen molar-refractivity contribution in [2.45, 2.75) is 26.3 Å². The van der Waals surface area contributed by atoms with E-state index in [1.165, 1.54) is 36.3 Å². The zero-order chi connectivity index (χ0) is 17.1. The lowest BCUT2D eigenvalue weighted by atomic mass is 10.1. The van der Waals surface area contributed by atoms with Gasteiger partial charge in [0.05, 0.1) is 16.9 Å². The Kier molecular flexibility index (Phi) is 5.05. The summed E-state index contributed by atoms with van der Waals surface area (Å²) in [6.45, 7) is 3.69. The van der Waals surface area contributed by atoms with Crippen LogP contribution in [0.3, 0.4) is 0 Å². The van der Waals surface area contributed by atoms with E-state index < -0.39 is 4.92 Å². The summed E-state index contributed by atoms with van der Waals surface area (Å²) in [7, 11) is 1.43. The molecule has 1 atom stereocenters. The zero-order valence-corrected chi connectivity index (χ0v) is 13.8. The standard InChI is InChI=1S/C15H16N2O5S/c1-4-9(2)16-14(18)13(23-15(16)19)8-10-7-11(17(20)21)5-6-12(10)22-3/h5-9H,4H2,1-3H3/b13-8+/t9-/m0/s1. The maximum Gasteiger partial charge on any atom is 0.293 e. The SMILES string of the molecule is CC[C@H](C)N1C(=O)S/C(=C/c2cc([N+](=O)[O-])ccc2OC)C1=O. The number of carbonyl (C=O) groups excluding carboxylic acids is 2. The largest absolute Gasteiger partial charge is 0.496 e. The molecule has 2 amide bonds. The predicted molar refractivity (Wildman–Crippen MR) is 87.2 cm³/mol. The van der Waals surface area contributed by atoms with Crippen LogP contribution in [0.5, 0.6) is 5.75 Å². The van der Waals surface area contributed by atoms with Gasteiger partial charge in [-0.3, -0.25) is 24.6 Å². The van der Waals surface area contributed by atoms with Crippen LogP contribution in [-0.2, 0) is 4.79 Å². The van der Waals surface area contributed by atoms with E-state index in [1.54, 1.807) is 6.92 Å². The Hall–Kier alpha value is -2.35. The third kappa shape index (κ3) is 3.37. The lowest BCUT2D eigenvalue weighted by Crippen LogP contribution is -2.36. The van der Waals surface area contributed by atoms with Gasteiger partial charge in [0.1, 0.15) is 5.75 Å². The lowest BCUT2D eigenvalue weighted by molar-refractivity contribution is -0.384. The molecule has 0 unspecified atom stereocenters. The molecule has 1 aliphatic rings. The molecule has 0 spiro atoms. The second-order valence-electron chi connectivity index (χ2n) is 4.99. The molecule has 0 aromatic heterocycles. The van der Waals surface area contributed by atoms with Gasteiger partial charge in [0, 0.05) is 23.7 Å². The van der Waals surface area contributed by atoms with E-state index in [2.05, 4.69) is 0 Å². The van der Waals surface area contributed by atoms with Crippen molar-refractivity contribution >= 4 is 34.7 Å². The van der Waals surface area contributed by atoms with Crippen molar-refractivity contribution < 1.29 is 19.2 Å². The summed E-state index contributed by atoms with van der Waals surface area (Å²) < 4.78 is 5.16. The number of methoxy groups -OCH3 is 1. The Bertz CT molecular complexity index is 701. The first-order valence-corrected chi connectivity index (χ1v) is 7.80. The topological polar surface area (TPSA) is 89.8 Å². The summed E-state index contributed by atoms with van der Waals surface area (Å²) in [6, 6.07) is 3.90. The summed E-state index contributed by atoms with van der Waals surface area (Å²) in [5.41, 5.74) is 0.273. The van der Waals surface area contributed by atoms with Gasteiger partial charge in [-0.15, -0.1) is 0 Å². The Balaban J connectivity index is 2.42. The van der Waals surface area contributed by atoms with E-state index in [4.69, 9.17) is 4.74 Å². The van der Waals surface area contributed by atoms with Crippen LogP contribution in [-0.4, -0.2) is 34.1 Å². The van der Waals surface area contributed by atoms with Crippen molar-refractivity contribution in [3.05, 3.63) is 38.8 Å². The van der Waals surface area contributed by atoms with Crippen molar-refractivity contribution in [3.63, 3.8) is 0 Å². The fraction of sp³-hybridized carbons (Fsp3) is 0.333. The summed E-state index contributed by atoms with van der Waals surface area (Å²) in [5, 5.41) is 10.6. The molecule has 23 heavy (non-hydrogen) atoms. The first-order valence-electron chi connectivity index (χ1n) is 6.98. The number of imide groups is 1. The molecule has 1 saturated heterocycles. The number of carbonyl (C=O) groups is 2. The lowest BCUT2D eigenvalue weighted by Gasteiger charge is -2.19. The molecule has 1 heterocycles. The minimum atomic E-state index is -0.526. The molecule has 1 fully saturated rings. The van der Waals surface area contributed by atoms with Gasteiger partial charge in [-0.2, -0.15) is 0 Å². The summed E-state index contributed by atoms with van der Waals surface area (Å²) in [4.78, 5) is 36.2. The van der Waals surface area contributed by atoms with Crippen LogP contribution >= 0.6 is 11.8 Å². The third-order valence-electron chi connectivity index (χ3n) is 3.57. The van der Waals surface area contributed by atoms with Gasteiger partial charge in [-0.05, 0) is 37.2 Å². The van der Waals surface area contributed by atoms with Gasteiger partial charge < -0.3 is 4.74 Å². The zero-order valence-electron chi connectivity index (χ0n) is 12.9. The Morgan fingerprint density at radius 3 is 2.70 bits per heavy atom. The van der Waals surface area contributed by atoms with Gasteiger partial charge in [-0.1, -0.05) is 6.92 Å². The van der Waals surface area contributed by atoms with E-state index in [0.717, 1.165) is 11.8 Å². The first kappa shape index (κ1) is 17.0. The van der Waals surface area contributed by atoms with Gasteiger partial charge in [0.25, 0.3) is 16.8 Å². The Morgan fingerprint density at radius 1 is 1.43 bits per heavy atom. The third-order valence-corrected chi connectivity index (χ3v) is 4.45. The summed E-state index contributed by atoms with van der Waals surface area (Å²) in [5.74, 6) is 0.00819. The van der Waals surface area contributed by atoms with Gasteiger partial charge >= 0.3 is 0 Å². The number of nitrogens with zero attached hydrogens (tertiary/aromatic N) is 2. The molecule has 1 aromatic rings. The van der Waals surface area contributed by atoms with E-state index in [0.29, 0.717) is 17.7 Å². The summed E-state index contributed by atoms with van der Waals surface area (Å²) >= 11 is 0.827.